The number of carbonyl (C=O) groups excluding carboxylic acids is 4. The number of nitrogens with two attached hydrogens (primary N) is 1. The Bertz CT molecular complexity index is 1120. The molecule has 168 valence electrons. The maximum absolute atomic E-state index is 12.7. The predicted molar refractivity (Wildman–Crippen MR) is 124 cm³/mol. The van der Waals surface area contributed by atoms with E-state index in [0.717, 1.165) is 5.56 Å². The van der Waals surface area contributed by atoms with Crippen LogP contribution in [0.2, 0.25) is 0 Å². The molecular weight excluding hydrogens is 420 g/mol. The Morgan fingerprint density at radius 1 is 0.727 bits per heavy atom. The molecule has 4 amide bonds. The van der Waals surface area contributed by atoms with Crippen molar-refractivity contribution >= 4 is 29.3 Å². The van der Waals surface area contributed by atoms with Crippen LogP contribution in [0, 0.1) is 0 Å². The average molecular weight is 444 g/mol. The maximum Gasteiger partial charge on any atom is 0.251 e. The Kier molecular flexibility index (Phi) is 7.91. The van der Waals surface area contributed by atoms with Crippen molar-refractivity contribution in [2.24, 2.45) is 5.73 Å². The number of anilines is 1. The molecule has 0 heterocycles. The molecule has 0 fully saturated rings. The second-order valence-corrected chi connectivity index (χ2v) is 7.28. The second-order valence-electron chi connectivity index (χ2n) is 7.28. The molecule has 0 saturated carbocycles. The van der Waals surface area contributed by atoms with E-state index in [2.05, 4.69) is 16.0 Å². The smallest absolute Gasteiger partial charge is 0.251 e. The van der Waals surface area contributed by atoms with Gasteiger partial charge in [-0.1, -0.05) is 48.5 Å². The van der Waals surface area contributed by atoms with Crippen LogP contribution in [-0.2, 0) is 9.59 Å². The minimum atomic E-state index is -0.639. The van der Waals surface area contributed by atoms with E-state index in [-0.39, 0.29) is 24.8 Å². The molecule has 0 aromatic heterocycles. The highest BCUT2D eigenvalue weighted by atomic mass is 16.2. The van der Waals surface area contributed by atoms with Gasteiger partial charge in [0.2, 0.25) is 11.8 Å². The van der Waals surface area contributed by atoms with E-state index < -0.39 is 17.9 Å². The molecule has 1 atom stereocenters. The van der Waals surface area contributed by atoms with Crippen molar-refractivity contribution in [3.05, 3.63) is 102 Å². The van der Waals surface area contributed by atoms with E-state index in [1.54, 1.807) is 36.4 Å². The molecule has 3 aromatic rings. The fourth-order valence-electron chi connectivity index (χ4n) is 3.14. The number of hydrogen-bond acceptors (Lipinski definition) is 4. The Morgan fingerprint density at radius 2 is 1.30 bits per heavy atom. The first-order chi connectivity index (χ1) is 15.9. The van der Waals surface area contributed by atoms with Crippen LogP contribution in [0.1, 0.15) is 38.7 Å². The normalized spacial score (nSPS) is 11.2. The zero-order chi connectivity index (χ0) is 23.6. The van der Waals surface area contributed by atoms with E-state index in [9.17, 15) is 19.2 Å². The van der Waals surface area contributed by atoms with Crippen LogP contribution in [0.15, 0.2) is 84.9 Å². The Morgan fingerprint density at radius 3 is 1.91 bits per heavy atom. The fraction of sp³-hybridized carbons (Fsp3) is 0.120. The van der Waals surface area contributed by atoms with Gasteiger partial charge in [0.25, 0.3) is 11.8 Å². The highest BCUT2D eigenvalue weighted by molar-refractivity contribution is 5.98. The van der Waals surface area contributed by atoms with Crippen LogP contribution in [0.25, 0.3) is 0 Å². The van der Waals surface area contributed by atoms with Crippen molar-refractivity contribution in [2.45, 2.75) is 12.5 Å². The second kappa shape index (κ2) is 11.2. The molecule has 0 spiro atoms. The van der Waals surface area contributed by atoms with E-state index in [4.69, 9.17) is 5.73 Å². The zero-order valence-electron chi connectivity index (χ0n) is 17.8. The molecule has 0 radical (unpaired) electrons. The van der Waals surface area contributed by atoms with Crippen molar-refractivity contribution in [2.75, 3.05) is 11.9 Å². The highest BCUT2D eigenvalue weighted by Crippen LogP contribution is 2.19. The molecule has 0 aliphatic rings. The lowest BCUT2D eigenvalue weighted by Gasteiger charge is -2.19. The molecular formula is C25H24N4O4. The van der Waals surface area contributed by atoms with Gasteiger partial charge >= 0.3 is 0 Å². The summed E-state index contributed by atoms with van der Waals surface area (Å²) in [6, 6.07) is 23.7. The molecule has 0 aliphatic carbocycles. The fourth-order valence-corrected chi connectivity index (χ4v) is 3.14. The lowest BCUT2D eigenvalue weighted by atomic mass is 10.0. The number of nitrogens with one attached hydrogen (secondary N) is 3. The standard InChI is InChI=1S/C25H24N4O4/c26-22(30)16-27-24(32)19-11-13-20(14-12-19)28-23(31)15-21(17-7-3-1-4-8-17)29-25(33)18-9-5-2-6-10-18/h1-14,21H,15-16H2,(H2,26,30)(H,27,32)(H,28,31)(H,29,33). The number of carbonyl (C=O) groups is 4. The van der Waals surface area contributed by atoms with Crippen molar-refractivity contribution in [3.63, 3.8) is 0 Å². The minimum absolute atomic E-state index is 0.0173. The van der Waals surface area contributed by atoms with Crippen molar-refractivity contribution in [1.82, 2.24) is 10.6 Å². The van der Waals surface area contributed by atoms with Crippen LogP contribution in [-0.4, -0.2) is 30.2 Å². The zero-order valence-corrected chi connectivity index (χ0v) is 17.8. The van der Waals surface area contributed by atoms with Crippen molar-refractivity contribution < 1.29 is 19.2 Å². The molecule has 0 aliphatic heterocycles. The monoisotopic (exact) mass is 444 g/mol. The predicted octanol–water partition coefficient (Wildman–Crippen LogP) is 2.40. The summed E-state index contributed by atoms with van der Waals surface area (Å²) >= 11 is 0. The molecule has 0 bridgehead atoms. The molecule has 3 rings (SSSR count). The molecule has 3 aromatic carbocycles. The largest absolute Gasteiger partial charge is 0.368 e. The van der Waals surface area contributed by atoms with E-state index in [0.29, 0.717) is 16.8 Å². The van der Waals surface area contributed by atoms with Gasteiger partial charge in [0, 0.05) is 16.8 Å². The molecule has 0 saturated heterocycles. The lowest BCUT2D eigenvalue weighted by molar-refractivity contribution is -0.117. The summed E-state index contributed by atoms with van der Waals surface area (Å²) in [6.45, 7) is -0.257. The SMILES string of the molecule is NC(=O)CNC(=O)c1ccc(NC(=O)CC(NC(=O)c2ccccc2)c2ccccc2)cc1. The van der Waals surface area contributed by atoms with Crippen molar-refractivity contribution in [3.8, 4) is 0 Å². The van der Waals surface area contributed by atoms with Gasteiger partial charge in [-0.2, -0.15) is 0 Å². The number of amides is 4. The number of benzene rings is 3. The number of hydrogen-bond donors (Lipinski definition) is 4. The van der Waals surface area contributed by atoms with Crippen LogP contribution >= 0.6 is 0 Å². The average Bonchev–Trinajstić information content (AvgIpc) is 2.83. The summed E-state index contributed by atoms with van der Waals surface area (Å²) in [5.74, 6) is -1.66. The molecule has 33 heavy (non-hydrogen) atoms. The third-order valence-electron chi connectivity index (χ3n) is 4.79. The van der Waals surface area contributed by atoms with Gasteiger partial charge in [-0.05, 0) is 42.0 Å². The van der Waals surface area contributed by atoms with Gasteiger partial charge < -0.3 is 21.7 Å². The molecule has 1 unspecified atom stereocenters. The maximum atomic E-state index is 12.7. The summed E-state index contributed by atoms with van der Waals surface area (Å²) in [7, 11) is 0. The van der Waals surface area contributed by atoms with Crippen LogP contribution in [0.5, 0.6) is 0 Å². The van der Waals surface area contributed by atoms with Gasteiger partial charge in [0.15, 0.2) is 0 Å². The third kappa shape index (κ3) is 7.03. The molecule has 8 nitrogen and oxygen atoms in total. The van der Waals surface area contributed by atoms with E-state index >= 15 is 0 Å². The van der Waals surface area contributed by atoms with Crippen LogP contribution < -0.4 is 21.7 Å². The lowest BCUT2D eigenvalue weighted by Crippen LogP contribution is -2.33. The van der Waals surface area contributed by atoms with E-state index in [1.165, 1.54) is 12.1 Å². The van der Waals surface area contributed by atoms with Crippen molar-refractivity contribution in [1.29, 1.82) is 0 Å². The molecule has 8 heteroatoms. The topological polar surface area (TPSA) is 130 Å². The number of rotatable bonds is 9. The van der Waals surface area contributed by atoms with Crippen LogP contribution in [0.3, 0.4) is 0 Å². The summed E-state index contributed by atoms with van der Waals surface area (Å²) in [5, 5.41) is 8.09. The summed E-state index contributed by atoms with van der Waals surface area (Å²) < 4.78 is 0. The number of primary amides is 1. The van der Waals surface area contributed by atoms with Crippen LogP contribution in [0.4, 0.5) is 5.69 Å². The van der Waals surface area contributed by atoms with E-state index in [1.807, 2.05) is 36.4 Å². The van der Waals surface area contributed by atoms with Gasteiger partial charge in [0.05, 0.1) is 19.0 Å². The minimum Gasteiger partial charge on any atom is -0.368 e. The quantitative estimate of drug-likeness (QED) is 0.404. The Balaban J connectivity index is 1.65. The summed E-state index contributed by atoms with van der Waals surface area (Å²) in [5.41, 5.74) is 7.14. The summed E-state index contributed by atoms with van der Waals surface area (Å²) in [6.07, 6.45) is 0.0173. The highest BCUT2D eigenvalue weighted by Gasteiger charge is 2.19. The third-order valence-corrected chi connectivity index (χ3v) is 4.79. The molecule has 5 N–H and O–H groups in total. The first-order valence-electron chi connectivity index (χ1n) is 10.3. The van der Waals surface area contributed by atoms with Gasteiger partial charge in [-0.25, -0.2) is 0 Å². The Labute approximate surface area is 191 Å². The first-order valence-corrected chi connectivity index (χ1v) is 10.3. The van der Waals surface area contributed by atoms with Gasteiger partial charge in [0.1, 0.15) is 0 Å². The summed E-state index contributed by atoms with van der Waals surface area (Å²) in [4.78, 5) is 48.1. The first kappa shape index (κ1) is 23.2. The van der Waals surface area contributed by atoms with Gasteiger partial charge in [-0.15, -0.1) is 0 Å². The van der Waals surface area contributed by atoms with Gasteiger partial charge in [-0.3, -0.25) is 19.2 Å². The Hall–Kier alpha value is -4.46.